The number of carbonyl (C=O) groups excluding carboxylic acids is 2. The molecule has 1 aliphatic rings. The summed E-state index contributed by atoms with van der Waals surface area (Å²) >= 11 is 0. The number of carbonyl (C=O) groups is 2. The Balaban J connectivity index is 2.43. The summed E-state index contributed by atoms with van der Waals surface area (Å²) in [6, 6.07) is 4.21. The van der Waals surface area contributed by atoms with Crippen LogP contribution in [0.3, 0.4) is 0 Å². The number of benzene rings is 1. The Morgan fingerprint density at radius 3 is 2.75 bits per heavy atom. The zero-order valence-electron chi connectivity index (χ0n) is 9.00. The predicted octanol–water partition coefficient (Wildman–Crippen LogP) is 2.16. The SMILES string of the molecule is CCCCN1C(=O)C(=O)c2cccc(F)c21. The van der Waals surface area contributed by atoms with Crippen molar-refractivity contribution in [3.8, 4) is 0 Å². The van der Waals surface area contributed by atoms with Gasteiger partial charge in [0, 0.05) is 6.54 Å². The van der Waals surface area contributed by atoms with Crippen LogP contribution in [0.25, 0.3) is 0 Å². The van der Waals surface area contributed by atoms with Crippen molar-refractivity contribution in [1.82, 2.24) is 0 Å². The van der Waals surface area contributed by atoms with Crippen molar-refractivity contribution in [2.45, 2.75) is 19.8 Å². The molecule has 0 spiro atoms. The molecule has 84 valence electrons. The first-order valence-electron chi connectivity index (χ1n) is 5.31. The lowest BCUT2D eigenvalue weighted by molar-refractivity contribution is -0.114. The highest BCUT2D eigenvalue weighted by molar-refractivity contribution is 6.52. The molecule has 0 saturated heterocycles. The summed E-state index contributed by atoms with van der Waals surface area (Å²) in [6.45, 7) is 2.37. The van der Waals surface area contributed by atoms with E-state index in [0.29, 0.717) is 6.54 Å². The fourth-order valence-corrected chi connectivity index (χ4v) is 1.84. The van der Waals surface area contributed by atoms with E-state index in [1.54, 1.807) is 0 Å². The average molecular weight is 221 g/mol. The van der Waals surface area contributed by atoms with Crippen LogP contribution < -0.4 is 4.90 Å². The summed E-state index contributed by atoms with van der Waals surface area (Å²) in [7, 11) is 0. The third-order valence-electron chi connectivity index (χ3n) is 2.68. The lowest BCUT2D eigenvalue weighted by atomic mass is 10.1. The number of unbranched alkanes of at least 4 members (excludes halogenated alkanes) is 1. The summed E-state index contributed by atoms with van der Waals surface area (Å²) in [5.74, 6) is -1.73. The van der Waals surface area contributed by atoms with Gasteiger partial charge in [0.2, 0.25) is 0 Å². The van der Waals surface area contributed by atoms with Crippen LogP contribution in [-0.4, -0.2) is 18.2 Å². The van der Waals surface area contributed by atoms with E-state index in [1.807, 2.05) is 6.92 Å². The maximum Gasteiger partial charge on any atom is 0.299 e. The van der Waals surface area contributed by atoms with Gasteiger partial charge in [0.05, 0.1) is 11.3 Å². The number of para-hydroxylation sites is 1. The van der Waals surface area contributed by atoms with Gasteiger partial charge in [0.1, 0.15) is 5.82 Å². The van der Waals surface area contributed by atoms with Gasteiger partial charge in [-0.2, -0.15) is 0 Å². The first-order valence-corrected chi connectivity index (χ1v) is 5.31. The number of amides is 1. The van der Waals surface area contributed by atoms with Gasteiger partial charge in [-0.3, -0.25) is 9.59 Å². The van der Waals surface area contributed by atoms with Crippen molar-refractivity contribution in [2.75, 3.05) is 11.4 Å². The second-order valence-corrected chi connectivity index (χ2v) is 3.78. The number of nitrogens with zero attached hydrogens (tertiary/aromatic N) is 1. The molecule has 0 unspecified atom stereocenters. The monoisotopic (exact) mass is 221 g/mol. The molecule has 0 radical (unpaired) electrons. The van der Waals surface area contributed by atoms with Crippen LogP contribution in [-0.2, 0) is 4.79 Å². The van der Waals surface area contributed by atoms with Gasteiger partial charge < -0.3 is 4.90 Å². The first-order chi connectivity index (χ1) is 7.66. The Morgan fingerprint density at radius 2 is 2.06 bits per heavy atom. The lowest BCUT2D eigenvalue weighted by Gasteiger charge is -2.16. The minimum Gasteiger partial charge on any atom is -0.302 e. The normalized spacial score (nSPS) is 14.5. The summed E-state index contributed by atoms with van der Waals surface area (Å²) in [5.41, 5.74) is 0.326. The molecule has 1 heterocycles. The topological polar surface area (TPSA) is 37.4 Å². The van der Waals surface area contributed by atoms with Crippen molar-refractivity contribution < 1.29 is 14.0 Å². The Bertz CT molecular complexity index is 456. The van der Waals surface area contributed by atoms with Crippen LogP contribution in [0.1, 0.15) is 30.1 Å². The smallest absolute Gasteiger partial charge is 0.299 e. The van der Waals surface area contributed by atoms with Crippen LogP contribution in [0.4, 0.5) is 10.1 Å². The van der Waals surface area contributed by atoms with E-state index in [0.717, 1.165) is 12.8 Å². The molecule has 2 rings (SSSR count). The number of halogens is 1. The molecule has 0 saturated carbocycles. The summed E-state index contributed by atoms with van der Waals surface area (Å²) in [5, 5.41) is 0. The van der Waals surface area contributed by atoms with E-state index in [4.69, 9.17) is 0 Å². The van der Waals surface area contributed by atoms with Crippen LogP contribution in [0, 0.1) is 5.82 Å². The van der Waals surface area contributed by atoms with Crippen molar-refractivity contribution in [2.24, 2.45) is 0 Å². The Kier molecular flexibility index (Phi) is 2.73. The van der Waals surface area contributed by atoms with Gasteiger partial charge in [-0.05, 0) is 18.6 Å². The second-order valence-electron chi connectivity index (χ2n) is 3.78. The van der Waals surface area contributed by atoms with E-state index in [9.17, 15) is 14.0 Å². The van der Waals surface area contributed by atoms with Gasteiger partial charge in [-0.25, -0.2) is 4.39 Å². The maximum atomic E-state index is 13.6. The minimum atomic E-state index is -0.617. The molecule has 0 aromatic heterocycles. The Hall–Kier alpha value is -1.71. The van der Waals surface area contributed by atoms with Crippen molar-refractivity contribution in [3.63, 3.8) is 0 Å². The Labute approximate surface area is 92.9 Å². The fourth-order valence-electron chi connectivity index (χ4n) is 1.84. The zero-order valence-corrected chi connectivity index (χ0v) is 9.00. The molecule has 0 aliphatic carbocycles. The van der Waals surface area contributed by atoms with Crippen molar-refractivity contribution in [1.29, 1.82) is 0 Å². The van der Waals surface area contributed by atoms with E-state index < -0.39 is 17.5 Å². The van der Waals surface area contributed by atoms with E-state index in [-0.39, 0.29) is 11.3 Å². The highest BCUT2D eigenvalue weighted by atomic mass is 19.1. The summed E-state index contributed by atoms with van der Waals surface area (Å²) in [4.78, 5) is 24.4. The van der Waals surface area contributed by atoms with Crippen LogP contribution in [0.2, 0.25) is 0 Å². The summed E-state index contributed by atoms with van der Waals surface area (Å²) < 4.78 is 13.6. The number of rotatable bonds is 3. The predicted molar refractivity (Wildman–Crippen MR) is 58.0 cm³/mol. The molecule has 1 aromatic rings. The molecule has 1 aliphatic heterocycles. The third kappa shape index (κ3) is 1.50. The number of ketones is 1. The molecule has 3 nitrogen and oxygen atoms in total. The zero-order chi connectivity index (χ0) is 11.7. The van der Waals surface area contributed by atoms with Crippen LogP contribution in [0.5, 0.6) is 0 Å². The second kappa shape index (κ2) is 4.04. The standard InChI is InChI=1S/C12H12FNO2/c1-2-3-7-14-10-8(11(15)12(14)16)5-4-6-9(10)13/h4-6H,2-3,7H2,1H3. The number of fused-ring (bicyclic) bond motifs is 1. The largest absolute Gasteiger partial charge is 0.302 e. The molecule has 4 heteroatoms. The molecular formula is C12H12FNO2. The lowest BCUT2D eigenvalue weighted by Crippen LogP contribution is -2.31. The first kappa shape index (κ1) is 10.8. The van der Waals surface area contributed by atoms with Gasteiger partial charge in [0.15, 0.2) is 0 Å². The molecule has 0 N–H and O–H groups in total. The van der Waals surface area contributed by atoms with Crippen molar-refractivity contribution in [3.05, 3.63) is 29.6 Å². The van der Waals surface area contributed by atoms with Crippen LogP contribution >= 0.6 is 0 Å². The molecular weight excluding hydrogens is 209 g/mol. The van der Waals surface area contributed by atoms with E-state index >= 15 is 0 Å². The van der Waals surface area contributed by atoms with Gasteiger partial charge in [-0.15, -0.1) is 0 Å². The summed E-state index contributed by atoms with van der Waals surface area (Å²) in [6.07, 6.45) is 1.65. The van der Waals surface area contributed by atoms with Gasteiger partial charge in [0.25, 0.3) is 11.7 Å². The molecule has 0 bridgehead atoms. The fraction of sp³-hybridized carbons (Fsp3) is 0.333. The highest BCUT2D eigenvalue weighted by Crippen LogP contribution is 2.31. The number of Topliss-reactive ketones (excluding diaryl/α,β-unsaturated/α-hetero) is 1. The van der Waals surface area contributed by atoms with Gasteiger partial charge >= 0.3 is 0 Å². The maximum absolute atomic E-state index is 13.6. The highest BCUT2D eigenvalue weighted by Gasteiger charge is 2.37. The van der Waals surface area contributed by atoms with Crippen LogP contribution in [0.15, 0.2) is 18.2 Å². The van der Waals surface area contributed by atoms with E-state index in [1.165, 1.54) is 23.1 Å². The molecule has 1 aromatic carbocycles. The quantitative estimate of drug-likeness (QED) is 0.733. The third-order valence-corrected chi connectivity index (χ3v) is 2.68. The van der Waals surface area contributed by atoms with E-state index in [2.05, 4.69) is 0 Å². The minimum absolute atomic E-state index is 0.144. The average Bonchev–Trinajstić information content (AvgIpc) is 2.52. The number of hydrogen-bond donors (Lipinski definition) is 0. The molecule has 16 heavy (non-hydrogen) atoms. The molecule has 0 fully saturated rings. The van der Waals surface area contributed by atoms with Gasteiger partial charge in [-0.1, -0.05) is 19.4 Å². The Morgan fingerprint density at radius 1 is 1.31 bits per heavy atom. The molecule has 1 amide bonds. The molecule has 0 atom stereocenters. The number of anilines is 1. The number of hydrogen-bond acceptors (Lipinski definition) is 2. The van der Waals surface area contributed by atoms with Crippen molar-refractivity contribution >= 4 is 17.4 Å².